The highest BCUT2D eigenvalue weighted by Crippen LogP contribution is 2.67. The van der Waals surface area contributed by atoms with Crippen LogP contribution in [0.15, 0.2) is 17.0 Å². The van der Waals surface area contributed by atoms with Gasteiger partial charge in [-0.2, -0.15) is 0 Å². The molecule has 6 rings (SSSR count). The van der Waals surface area contributed by atoms with Crippen molar-refractivity contribution in [2.24, 2.45) is 5.41 Å². The molecule has 8 heteroatoms. The lowest BCUT2D eigenvalue weighted by Gasteiger charge is -2.67. The van der Waals surface area contributed by atoms with E-state index in [-0.39, 0.29) is 11.4 Å². The van der Waals surface area contributed by atoms with Crippen molar-refractivity contribution >= 4 is 38.8 Å². The molecule has 0 spiro atoms. The van der Waals surface area contributed by atoms with Gasteiger partial charge >= 0.3 is 5.97 Å². The largest absolute Gasteiger partial charge is 0.481 e. The van der Waals surface area contributed by atoms with E-state index in [0.717, 1.165) is 28.3 Å². The first-order valence-corrected chi connectivity index (χ1v) is 8.79. The third-order valence-electron chi connectivity index (χ3n) is 5.58. The normalized spacial score (nSPS) is 30.5. The molecule has 4 aliphatic rings. The summed E-state index contributed by atoms with van der Waals surface area (Å²) in [6.45, 7) is 0. The minimum Gasteiger partial charge on any atom is -0.481 e. The monoisotopic (exact) mass is 390 g/mol. The van der Waals surface area contributed by atoms with Crippen molar-refractivity contribution in [3.05, 3.63) is 22.7 Å². The lowest BCUT2D eigenvalue weighted by molar-refractivity contribution is -0.196. The van der Waals surface area contributed by atoms with Gasteiger partial charge in [0.1, 0.15) is 17.7 Å². The average molecular weight is 391 g/mol. The van der Waals surface area contributed by atoms with Crippen LogP contribution in [0.1, 0.15) is 48.6 Å². The average Bonchev–Trinajstić information content (AvgIpc) is 3.25. The zero-order valence-corrected chi connectivity index (χ0v) is 14.3. The van der Waals surface area contributed by atoms with Crippen LogP contribution < -0.4 is 5.32 Å². The second-order valence-corrected chi connectivity index (χ2v) is 8.24. The summed E-state index contributed by atoms with van der Waals surface area (Å²) in [5.74, 6) is -1.01. The number of amides is 1. The van der Waals surface area contributed by atoms with E-state index in [1.54, 1.807) is 0 Å². The molecule has 124 valence electrons. The summed E-state index contributed by atoms with van der Waals surface area (Å²) in [6.07, 6.45) is 7.18. The minimum atomic E-state index is -0.757. The Morgan fingerprint density at radius 3 is 2.62 bits per heavy atom. The highest BCUT2D eigenvalue weighted by Gasteiger charge is 2.72. The molecule has 24 heavy (non-hydrogen) atoms. The highest BCUT2D eigenvalue weighted by atomic mass is 79.9. The van der Waals surface area contributed by atoms with Gasteiger partial charge in [0.2, 0.25) is 0 Å². The Hall–Kier alpha value is -1.96. The van der Waals surface area contributed by atoms with Gasteiger partial charge in [-0.3, -0.25) is 9.59 Å². The number of aromatic nitrogens is 3. The van der Waals surface area contributed by atoms with Gasteiger partial charge in [-0.05, 0) is 48.0 Å². The number of carbonyl (C=O) groups excluding carboxylic acids is 1. The summed E-state index contributed by atoms with van der Waals surface area (Å²) in [6, 6.07) is 0.456. The molecule has 4 aliphatic carbocycles. The van der Waals surface area contributed by atoms with Crippen LogP contribution in [0.3, 0.4) is 0 Å². The molecule has 0 atom stereocenters. The molecule has 2 N–H and O–H groups in total. The number of hydrogen-bond acceptors (Lipinski definition) is 4. The van der Waals surface area contributed by atoms with Crippen LogP contribution in [-0.2, 0) is 4.79 Å². The third-order valence-corrected chi connectivity index (χ3v) is 6.18. The van der Waals surface area contributed by atoms with E-state index in [1.165, 1.54) is 6.33 Å². The molecule has 4 fully saturated rings. The molecule has 0 aliphatic heterocycles. The number of halogens is 1. The van der Waals surface area contributed by atoms with Gasteiger partial charge in [0.15, 0.2) is 0 Å². The maximum Gasteiger partial charge on any atom is 0.309 e. The number of rotatable bonds is 4. The third kappa shape index (κ3) is 1.77. The first-order chi connectivity index (χ1) is 11.4. The van der Waals surface area contributed by atoms with Gasteiger partial charge in [-0.25, -0.2) is 9.97 Å². The summed E-state index contributed by atoms with van der Waals surface area (Å²) >= 11 is 3.52. The van der Waals surface area contributed by atoms with Crippen LogP contribution in [-0.4, -0.2) is 37.1 Å². The van der Waals surface area contributed by atoms with E-state index in [1.807, 2.05) is 6.20 Å². The Balaban J connectivity index is 1.45. The van der Waals surface area contributed by atoms with Crippen LogP contribution in [0, 0.1) is 5.41 Å². The van der Waals surface area contributed by atoms with E-state index in [4.69, 9.17) is 0 Å². The number of nitrogens with zero attached hydrogens (tertiary/aromatic N) is 3. The molecule has 7 nitrogen and oxygen atoms in total. The number of carbonyl (C=O) groups is 2. The Bertz CT molecular complexity index is 898. The number of hydrogen-bond donors (Lipinski definition) is 2. The summed E-state index contributed by atoms with van der Waals surface area (Å²) in [4.78, 5) is 32.5. The second-order valence-electron chi connectivity index (χ2n) is 7.39. The summed E-state index contributed by atoms with van der Waals surface area (Å²) in [7, 11) is 0. The summed E-state index contributed by atoms with van der Waals surface area (Å²) in [5, 5.41) is 12.9. The predicted octanol–water partition coefficient (Wildman–Crippen LogP) is 2.27. The molecule has 4 saturated carbocycles. The summed E-state index contributed by atoms with van der Waals surface area (Å²) in [5.41, 5.74) is 0.145. The van der Waals surface area contributed by atoms with Crippen LogP contribution in [0.5, 0.6) is 0 Å². The molecule has 2 aromatic rings. The molecule has 2 aromatic heterocycles. The van der Waals surface area contributed by atoms with Gasteiger partial charge in [-0.15, -0.1) is 0 Å². The maximum atomic E-state index is 12.7. The maximum absolute atomic E-state index is 12.7. The van der Waals surface area contributed by atoms with Crippen molar-refractivity contribution < 1.29 is 14.7 Å². The molecule has 1 amide bonds. The van der Waals surface area contributed by atoms with E-state index >= 15 is 0 Å². The topological polar surface area (TPSA) is 97.1 Å². The number of carboxylic acid groups (broad SMARTS) is 1. The van der Waals surface area contributed by atoms with Crippen LogP contribution >= 0.6 is 15.9 Å². The quantitative estimate of drug-likeness (QED) is 0.834. The van der Waals surface area contributed by atoms with Crippen LogP contribution in [0.2, 0.25) is 0 Å². The molecule has 0 saturated heterocycles. The Kier molecular flexibility index (Phi) is 2.61. The molecular formula is C16H15BrN4O3. The first-order valence-electron chi connectivity index (χ1n) is 8.00. The Morgan fingerprint density at radius 1 is 1.29 bits per heavy atom. The van der Waals surface area contributed by atoms with Gasteiger partial charge < -0.3 is 15.0 Å². The molecular weight excluding hydrogens is 376 g/mol. The van der Waals surface area contributed by atoms with E-state index in [2.05, 4.69) is 35.8 Å². The second kappa shape index (κ2) is 4.36. The fourth-order valence-corrected chi connectivity index (χ4v) is 4.88. The smallest absolute Gasteiger partial charge is 0.309 e. The zero-order chi connectivity index (χ0) is 16.7. The lowest BCUT2D eigenvalue weighted by atomic mass is 9.39. The van der Waals surface area contributed by atoms with Crippen molar-refractivity contribution in [3.63, 3.8) is 0 Å². The predicted molar refractivity (Wildman–Crippen MR) is 87.6 cm³/mol. The molecule has 0 unspecified atom stereocenters. The lowest BCUT2D eigenvalue weighted by Crippen LogP contribution is -2.77. The van der Waals surface area contributed by atoms with Gasteiger partial charge in [-0.1, -0.05) is 0 Å². The van der Waals surface area contributed by atoms with Gasteiger partial charge in [0.25, 0.3) is 5.91 Å². The summed E-state index contributed by atoms with van der Waals surface area (Å²) < 4.78 is 2.91. The molecule has 2 heterocycles. The number of carboxylic acids is 1. The standard InChI is InChI=1S/C16H15BrN4O3/c17-9-3-21(8-1-2-8)12-10(9)11(18-7-19-12)13(22)20-16-4-15(5-16,6-16)14(23)24/h3,7-8H,1-2,4-6H2,(H,20,22)(H,23,24). The Morgan fingerprint density at radius 2 is 2.00 bits per heavy atom. The number of fused-ring (bicyclic) bond motifs is 1. The zero-order valence-electron chi connectivity index (χ0n) is 12.8. The van der Waals surface area contributed by atoms with Crippen molar-refractivity contribution in [1.82, 2.24) is 19.9 Å². The van der Waals surface area contributed by atoms with Crippen LogP contribution in [0.4, 0.5) is 0 Å². The highest BCUT2D eigenvalue weighted by molar-refractivity contribution is 9.10. The van der Waals surface area contributed by atoms with Gasteiger partial charge in [0, 0.05) is 22.3 Å². The molecule has 0 aromatic carbocycles. The van der Waals surface area contributed by atoms with Gasteiger partial charge in [0.05, 0.1) is 10.8 Å². The van der Waals surface area contributed by atoms with Crippen molar-refractivity contribution in [2.45, 2.75) is 43.7 Å². The Labute approximate surface area is 145 Å². The van der Waals surface area contributed by atoms with Crippen molar-refractivity contribution in [3.8, 4) is 0 Å². The van der Waals surface area contributed by atoms with Crippen molar-refractivity contribution in [1.29, 1.82) is 0 Å². The molecule has 2 bridgehead atoms. The fraction of sp³-hybridized carbons (Fsp3) is 0.500. The number of aliphatic carboxylic acids is 1. The molecule has 0 radical (unpaired) electrons. The fourth-order valence-electron chi connectivity index (χ4n) is 4.29. The number of nitrogens with one attached hydrogen (secondary N) is 1. The van der Waals surface area contributed by atoms with E-state index < -0.39 is 11.4 Å². The minimum absolute atomic E-state index is 0.254. The SMILES string of the molecule is O=C(NC12CC(C(=O)O)(C1)C2)c1ncnc2c1c(Br)cn2C1CC1. The first kappa shape index (κ1) is 14.4. The van der Waals surface area contributed by atoms with E-state index in [9.17, 15) is 14.7 Å². The van der Waals surface area contributed by atoms with Crippen molar-refractivity contribution in [2.75, 3.05) is 0 Å². The van der Waals surface area contributed by atoms with Crippen LogP contribution in [0.25, 0.3) is 11.0 Å². The van der Waals surface area contributed by atoms with E-state index in [0.29, 0.717) is 31.0 Å².